The molecule has 7 heteroatoms. The van der Waals surface area contributed by atoms with E-state index in [9.17, 15) is 9.59 Å². The number of hydrogen-bond acceptors (Lipinski definition) is 5. The molecule has 0 aromatic carbocycles. The van der Waals surface area contributed by atoms with Gasteiger partial charge in [-0.1, -0.05) is 0 Å². The van der Waals surface area contributed by atoms with Gasteiger partial charge < -0.3 is 20.1 Å². The zero-order chi connectivity index (χ0) is 15.0. The van der Waals surface area contributed by atoms with Crippen molar-refractivity contribution in [1.29, 1.82) is 0 Å². The first-order chi connectivity index (χ1) is 9.58. The smallest absolute Gasteiger partial charge is 0.261 e. The van der Waals surface area contributed by atoms with Crippen molar-refractivity contribution in [3.63, 3.8) is 0 Å². The van der Waals surface area contributed by atoms with Gasteiger partial charge >= 0.3 is 0 Å². The Hall–Kier alpha value is -1.44. The first kappa shape index (κ1) is 16.6. The Bertz CT molecular complexity index is 447. The summed E-state index contributed by atoms with van der Waals surface area (Å²) in [5.41, 5.74) is 0. The zero-order valence-electron chi connectivity index (χ0n) is 11.7. The number of hydrogen-bond donors (Lipinski definition) is 2. The van der Waals surface area contributed by atoms with Crippen molar-refractivity contribution in [2.24, 2.45) is 0 Å². The molecule has 6 nitrogen and oxygen atoms in total. The number of nitrogens with zero attached hydrogens (tertiary/aromatic N) is 1. The molecule has 2 N–H and O–H groups in total. The van der Waals surface area contributed by atoms with Gasteiger partial charge in [0, 0.05) is 25.1 Å². The summed E-state index contributed by atoms with van der Waals surface area (Å²) in [5, 5.41) is 11.5. The van der Waals surface area contributed by atoms with Gasteiger partial charge in [-0.25, -0.2) is 0 Å². The highest BCUT2D eigenvalue weighted by Gasteiger charge is 2.15. The van der Waals surface area contributed by atoms with Crippen LogP contribution in [0.5, 0.6) is 0 Å². The summed E-state index contributed by atoms with van der Waals surface area (Å²) >= 11 is 1.38. The zero-order valence-corrected chi connectivity index (χ0v) is 12.5. The number of nitrogens with one attached hydrogen (secondary N) is 1. The average Bonchev–Trinajstić information content (AvgIpc) is 2.87. The normalized spacial score (nSPS) is 10.3. The van der Waals surface area contributed by atoms with Crippen molar-refractivity contribution in [3.8, 4) is 0 Å². The van der Waals surface area contributed by atoms with Crippen molar-refractivity contribution in [3.05, 3.63) is 21.9 Å². The predicted molar refractivity (Wildman–Crippen MR) is 76.9 cm³/mol. The molecule has 0 fully saturated rings. The van der Waals surface area contributed by atoms with Crippen LogP contribution in [0.1, 0.15) is 14.5 Å². The Morgan fingerprint density at radius 1 is 1.40 bits per heavy atom. The minimum absolute atomic E-state index is 0.0838. The molecule has 0 spiro atoms. The molecular weight excluding hydrogens is 280 g/mol. The van der Waals surface area contributed by atoms with Gasteiger partial charge in [0.05, 0.1) is 24.6 Å². The predicted octanol–water partition coefficient (Wildman–Crippen LogP) is 0.254. The number of thiophene rings is 1. The highest BCUT2D eigenvalue weighted by Crippen LogP contribution is 2.14. The molecule has 0 atom stereocenters. The lowest BCUT2D eigenvalue weighted by Gasteiger charge is -2.21. The third-order valence-electron chi connectivity index (χ3n) is 2.65. The SMILES string of the molecule is COCCN(CCO)C(=O)CNC(=O)c1ccc(C)s1. The standard InChI is InChI=1S/C13H20N2O4S/c1-10-3-4-11(20-10)13(18)14-9-12(17)15(5-7-16)6-8-19-2/h3-4,16H,5-9H2,1-2H3,(H,14,18). The quantitative estimate of drug-likeness (QED) is 0.721. The first-order valence-electron chi connectivity index (χ1n) is 6.30. The molecule has 0 aliphatic rings. The summed E-state index contributed by atoms with van der Waals surface area (Å²) < 4.78 is 4.91. The Morgan fingerprint density at radius 2 is 2.15 bits per heavy atom. The van der Waals surface area contributed by atoms with E-state index in [0.717, 1.165) is 4.88 Å². The summed E-state index contributed by atoms with van der Waals surface area (Å²) in [5.74, 6) is -0.495. The van der Waals surface area contributed by atoms with Crippen LogP contribution in [0.4, 0.5) is 0 Å². The summed E-state index contributed by atoms with van der Waals surface area (Å²) in [6, 6.07) is 3.59. The number of rotatable bonds is 8. The van der Waals surface area contributed by atoms with Crippen molar-refractivity contribution < 1.29 is 19.4 Å². The Morgan fingerprint density at radius 3 is 2.70 bits per heavy atom. The van der Waals surface area contributed by atoms with Crippen LogP contribution < -0.4 is 5.32 Å². The maximum atomic E-state index is 11.9. The molecule has 0 saturated carbocycles. The molecule has 20 heavy (non-hydrogen) atoms. The second-order valence-corrected chi connectivity index (χ2v) is 5.48. The summed E-state index contributed by atoms with van der Waals surface area (Å²) in [6.07, 6.45) is 0. The average molecular weight is 300 g/mol. The van der Waals surface area contributed by atoms with Crippen molar-refractivity contribution in [2.45, 2.75) is 6.92 Å². The third kappa shape index (κ3) is 5.28. The van der Waals surface area contributed by atoms with Crippen molar-refractivity contribution in [2.75, 3.05) is 40.0 Å². The van der Waals surface area contributed by atoms with Crippen LogP contribution in [0, 0.1) is 6.92 Å². The number of carbonyl (C=O) groups is 2. The maximum Gasteiger partial charge on any atom is 0.261 e. The number of aliphatic hydroxyl groups excluding tert-OH is 1. The number of methoxy groups -OCH3 is 1. The summed E-state index contributed by atoms with van der Waals surface area (Å²) in [7, 11) is 1.54. The van der Waals surface area contributed by atoms with Crippen molar-refractivity contribution in [1.82, 2.24) is 10.2 Å². The Kier molecular flexibility index (Phi) is 7.21. The molecule has 112 valence electrons. The number of carbonyl (C=O) groups excluding carboxylic acids is 2. The van der Waals surface area contributed by atoms with E-state index in [1.165, 1.54) is 16.2 Å². The third-order valence-corrected chi connectivity index (χ3v) is 3.65. The molecule has 0 aliphatic heterocycles. The van der Waals surface area contributed by atoms with Crippen LogP contribution in [0.15, 0.2) is 12.1 Å². The minimum atomic E-state index is -0.257. The molecule has 1 aromatic rings. The van der Waals surface area contributed by atoms with Gasteiger partial charge in [-0.15, -0.1) is 11.3 Å². The van der Waals surface area contributed by atoms with Gasteiger partial charge in [-0.3, -0.25) is 9.59 Å². The van der Waals surface area contributed by atoms with Crippen LogP contribution >= 0.6 is 11.3 Å². The number of aryl methyl sites for hydroxylation is 1. The fourth-order valence-electron chi connectivity index (χ4n) is 1.59. The van der Waals surface area contributed by atoms with E-state index >= 15 is 0 Å². The lowest BCUT2D eigenvalue weighted by atomic mass is 10.4. The van der Waals surface area contributed by atoms with Gasteiger partial charge in [0.25, 0.3) is 5.91 Å². The van der Waals surface area contributed by atoms with Crippen LogP contribution in [-0.2, 0) is 9.53 Å². The van der Waals surface area contributed by atoms with Crippen LogP contribution in [-0.4, -0.2) is 61.8 Å². The van der Waals surface area contributed by atoms with E-state index in [1.54, 1.807) is 13.2 Å². The van der Waals surface area contributed by atoms with Crippen molar-refractivity contribution >= 4 is 23.2 Å². The number of ether oxygens (including phenoxy) is 1. The number of amides is 2. The topological polar surface area (TPSA) is 78.9 Å². The van der Waals surface area contributed by atoms with E-state index in [-0.39, 0.29) is 31.5 Å². The van der Waals surface area contributed by atoms with Gasteiger partial charge in [0.1, 0.15) is 0 Å². The van der Waals surface area contributed by atoms with E-state index in [4.69, 9.17) is 9.84 Å². The number of aliphatic hydroxyl groups is 1. The maximum absolute atomic E-state index is 11.9. The second-order valence-electron chi connectivity index (χ2n) is 4.19. The Labute approximate surface area is 122 Å². The molecule has 0 saturated heterocycles. The molecule has 1 rings (SSSR count). The molecular formula is C13H20N2O4S. The van der Waals surface area contributed by atoms with E-state index < -0.39 is 0 Å². The lowest BCUT2D eigenvalue weighted by Crippen LogP contribution is -2.42. The molecule has 0 radical (unpaired) electrons. The highest BCUT2D eigenvalue weighted by atomic mass is 32.1. The molecule has 0 unspecified atom stereocenters. The fraction of sp³-hybridized carbons (Fsp3) is 0.538. The van der Waals surface area contributed by atoms with E-state index in [0.29, 0.717) is 18.0 Å². The van der Waals surface area contributed by atoms with Gasteiger partial charge in [-0.05, 0) is 19.1 Å². The monoisotopic (exact) mass is 300 g/mol. The van der Waals surface area contributed by atoms with E-state index in [2.05, 4.69) is 5.32 Å². The first-order valence-corrected chi connectivity index (χ1v) is 7.12. The molecule has 1 heterocycles. The van der Waals surface area contributed by atoms with Gasteiger partial charge in [0.15, 0.2) is 0 Å². The van der Waals surface area contributed by atoms with Gasteiger partial charge in [-0.2, -0.15) is 0 Å². The fourth-order valence-corrected chi connectivity index (χ4v) is 2.38. The molecule has 0 aliphatic carbocycles. The van der Waals surface area contributed by atoms with Crippen LogP contribution in [0.3, 0.4) is 0 Å². The largest absolute Gasteiger partial charge is 0.395 e. The van der Waals surface area contributed by atoms with Crippen LogP contribution in [0.25, 0.3) is 0 Å². The second kappa shape index (κ2) is 8.68. The van der Waals surface area contributed by atoms with E-state index in [1.807, 2.05) is 13.0 Å². The molecule has 0 bridgehead atoms. The molecule has 2 amide bonds. The van der Waals surface area contributed by atoms with Crippen LogP contribution in [0.2, 0.25) is 0 Å². The Balaban J connectivity index is 2.45. The summed E-state index contributed by atoms with van der Waals surface area (Å²) in [4.78, 5) is 26.8. The lowest BCUT2D eigenvalue weighted by molar-refractivity contribution is -0.131. The van der Waals surface area contributed by atoms with Gasteiger partial charge in [0.2, 0.25) is 5.91 Å². The molecule has 1 aromatic heterocycles. The minimum Gasteiger partial charge on any atom is -0.395 e. The summed E-state index contributed by atoms with van der Waals surface area (Å²) in [6.45, 7) is 2.73. The highest BCUT2D eigenvalue weighted by molar-refractivity contribution is 7.13.